The van der Waals surface area contributed by atoms with Crippen molar-refractivity contribution in [1.29, 1.82) is 0 Å². The van der Waals surface area contributed by atoms with Crippen LogP contribution in [0.3, 0.4) is 0 Å². The Morgan fingerprint density at radius 3 is 3.00 bits per heavy atom. The molecule has 0 bridgehead atoms. The molecule has 2 aromatic heterocycles. The Balaban J connectivity index is 1.50. The molecule has 2 aromatic rings. The number of fused-ring (bicyclic) bond motifs is 2. The average molecular weight is 303 g/mol. The van der Waals surface area contributed by atoms with E-state index in [2.05, 4.69) is 9.88 Å². The summed E-state index contributed by atoms with van der Waals surface area (Å²) in [4.78, 5) is 20.0. The fourth-order valence-electron chi connectivity index (χ4n) is 4.02. The summed E-state index contributed by atoms with van der Waals surface area (Å²) in [5, 5.41) is 1.92. The van der Waals surface area contributed by atoms with Crippen LogP contribution >= 0.6 is 11.3 Å². The van der Waals surface area contributed by atoms with Crippen molar-refractivity contribution in [1.82, 2.24) is 14.3 Å². The summed E-state index contributed by atoms with van der Waals surface area (Å²) < 4.78 is 1.63. The third kappa shape index (κ3) is 2.64. The molecule has 0 unspecified atom stereocenters. The summed E-state index contributed by atoms with van der Waals surface area (Å²) >= 11 is 1.53. The van der Waals surface area contributed by atoms with Gasteiger partial charge in [-0.15, -0.1) is 11.3 Å². The maximum absolute atomic E-state index is 12.0. The van der Waals surface area contributed by atoms with Gasteiger partial charge in [-0.1, -0.05) is 19.3 Å². The van der Waals surface area contributed by atoms with Gasteiger partial charge in [-0.2, -0.15) is 0 Å². The molecule has 3 heterocycles. The van der Waals surface area contributed by atoms with Crippen molar-refractivity contribution in [2.24, 2.45) is 11.8 Å². The topological polar surface area (TPSA) is 37.6 Å². The monoisotopic (exact) mass is 303 g/mol. The first kappa shape index (κ1) is 13.5. The molecule has 1 aliphatic heterocycles. The molecule has 4 rings (SSSR count). The molecule has 21 heavy (non-hydrogen) atoms. The lowest BCUT2D eigenvalue weighted by atomic mass is 9.75. The van der Waals surface area contributed by atoms with Gasteiger partial charge >= 0.3 is 0 Å². The molecule has 2 fully saturated rings. The Bertz CT molecular complexity index is 692. The van der Waals surface area contributed by atoms with E-state index in [1.165, 1.54) is 50.0 Å². The van der Waals surface area contributed by atoms with Crippen molar-refractivity contribution >= 4 is 16.3 Å². The summed E-state index contributed by atoms with van der Waals surface area (Å²) in [6, 6.07) is 1.70. The van der Waals surface area contributed by atoms with Crippen LogP contribution in [-0.4, -0.2) is 27.4 Å². The number of piperidine rings is 1. The smallest absolute Gasteiger partial charge is 0.258 e. The zero-order chi connectivity index (χ0) is 14.2. The van der Waals surface area contributed by atoms with Crippen LogP contribution in [0.25, 0.3) is 4.96 Å². The van der Waals surface area contributed by atoms with Gasteiger partial charge in [0, 0.05) is 30.7 Å². The Kier molecular flexibility index (Phi) is 3.55. The van der Waals surface area contributed by atoms with Crippen molar-refractivity contribution in [3.8, 4) is 0 Å². The third-order valence-electron chi connectivity index (χ3n) is 5.12. The van der Waals surface area contributed by atoms with Crippen LogP contribution in [0.4, 0.5) is 0 Å². The van der Waals surface area contributed by atoms with Crippen LogP contribution in [0.5, 0.6) is 0 Å². The fourth-order valence-corrected chi connectivity index (χ4v) is 4.76. The predicted molar refractivity (Wildman–Crippen MR) is 84.7 cm³/mol. The van der Waals surface area contributed by atoms with Crippen LogP contribution in [0.1, 0.15) is 37.8 Å². The van der Waals surface area contributed by atoms with Gasteiger partial charge in [0.1, 0.15) is 0 Å². The molecule has 1 aliphatic carbocycles. The molecule has 0 amide bonds. The van der Waals surface area contributed by atoms with E-state index in [0.29, 0.717) is 0 Å². The molecule has 2 atom stereocenters. The Morgan fingerprint density at radius 2 is 2.10 bits per heavy atom. The van der Waals surface area contributed by atoms with Gasteiger partial charge < -0.3 is 0 Å². The molecule has 4 nitrogen and oxygen atoms in total. The molecule has 112 valence electrons. The predicted octanol–water partition coefficient (Wildman–Crippen LogP) is 2.77. The Hall–Kier alpha value is -1.20. The minimum Gasteiger partial charge on any atom is -0.297 e. The lowest BCUT2D eigenvalue weighted by Crippen LogP contribution is -2.41. The summed E-state index contributed by atoms with van der Waals surface area (Å²) in [5.74, 6) is 1.83. The van der Waals surface area contributed by atoms with Crippen LogP contribution < -0.4 is 5.56 Å². The van der Waals surface area contributed by atoms with Crippen molar-refractivity contribution in [3.05, 3.63) is 33.7 Å². The van der Waals surface area contributed by atoms with Gasteiger partial charge in [0.25, 0.3) is 5.56 Å². The van der Waals surface area contributed by atoms with E-state index in [4.69, 9.17) is 0 Å². The van der Waals surface area contributed by atoms with Crippen LogP contribution in [0.2, 0.25) is 0 Å². The van der Waals surface area contributed by atoms with E-state index in [9.17, 15) is 4.79 Å². The fraction of sp³-hybridized carbons (Fsp3) is 0.625. The van der Waals surface area contributed by atoms with Crippen molar-refractivity contribution in [3.63, 3.8) is 0 Å². The summed E-state index contributed by atoms with van der Waals surface area (Å²) in [6.45, 7) is 3.18. The number of rotatable bonds is 2. The van der Waals surface area contributed by atoms with Crippen LogP contribution in [-0.2, 0) is 6.54 Å². The SMILES string of the molecule is O=c1cc(CN2CC[C@H]3CCCC[C@@H]3C2)nc2sccn12. The van der Waals surface area contributed by atoms with E-state index >= 15 is 0 Å². The van der Waals surface area contributed by atoms with E-state index in [1.54, 1.807) is 16.7 Å². The molecular weight excluding hydrogens is 282 g/mol. The molecule has 1 saturated heterocycles. The maximum atomic E-state index is 12.0. The molecule has 1 saturated carbocycles. The standard InChI is InChI=1S/C16H21N3OS/c20-15-9-14(17-16-19(15)7-8-21-16)11-18-6-5-12-3-1-2-4-13(12)10-18/h7-9,12-13H,1-6,10-11H2/t12-,13-/m1/s1. The molecular formula is C16H21N3OS. The summed E-state index contributed by atoms with van der Waals surface area (Å²) in [7, 11) is 0. The zero-order valence-corrected chi connectivity index (χ0v) is 13.0. The number of aromatic nitrogens is 2. The first-order chi connectivity index (χ1) is 10.3. The van der Waals surface area contributed by atoms with Gasteiger partial charge in [-0.25, -0.2) is 4.98 Å². The third-order valence-corrected chi connectivity index (χ3v) is 5.87. The second-order valence-electron chi connectivity index (χ2n) is 6.47. The molecule has 0 spiro atoms. The van der Waals surface area contributed by atoms with E-state index in [1.807, 2.05) is 5.38 Å². The Morgan fingerprint density at radius 1 is 1.24 bits per heavy atom. The lowest BCUT2D eigenvalue weighted by Gasteiger charge is -2.41. The minimum absolute atomic E-state index is 0.0452. The maximum Gasteiger partial charge on any atom is 0.258 e. The second kappa shape index (κ2) is 5.54. The van der Waals surface area contributed by atoms with Crippen molar-refractivity contribution in [2.45, 2.75) is 38.6 Å². The highest BCUT2D eigenvalue weighted by Crippen LogP contribution is 2.36. The largest absolute Gasteiger partial charge is 0.297 e. The normalized spacial score (nSPS) is 26.9. The quantitative estimate of drug-likeness (QED) is 0.856. The van der Waals surface area contributed by atoms with Crippen molar-refractivity contribution < 1.29 is 0 Å². The molecule has 0 radical (unpaired) electrons. The van der Waals surface area contributed by atoms with E-state index in [-0.39, 0.29) is 5.56 Å². The number of hydrogen-bond acceptors (Lipinski definition) is 4. The highest BCUT2D eigenvalue weighted by molar-refractivity contribution is 7.15. The van der Waals surface area contributed by atoms with Crippen LogP contribution in [0, 0.1) is 11.8 Å². The van der Waals surface area contributed by atoms with E-state index < -0.39 is 0 Å². The second-order valence-corrected chi connectivity index (χ2v) is 7.34. The van der Waals surface area contributed by atoms with Gasteiger partial charge in [-0.3, -0.25) is 14.1 Å². The highest BCUT2D eigenvalue weighted by atomic mass is 32.1. The van der Waals surface area contributed by atoms with Crippen molar-refractivity contribution in [2.75, 3.05) is 13.1 Å². The number of nitrogens with zero attached hydrogens (tertiary/aromatic N) is 3. The van der Waals surface area contributed by atoms with Crippen LogP contribution in [0.15, 0.2) is 22.4 Å². The number of hydrogen-bond donors (Lipinski definition) is 0. The molecule has 2 aliphatic rings. The molecule has 0 N–H and O–H groups in total. The average Bonchev–Trinajstić information content (AvgIpc) is 2.96. The van der Waals surface area contributed by atoms with Gasteiger partial charge in [-0.05, 0) is 31.2 Å². The lowest BCUT2D eigenvalue weighted by molar-refractivity contribution is 0.0812. The van der Waals surface area contributed by atoms with E-state index in [0.717, 1.165) is 35.6 Å². The molecule has 5 heteroatoms. The van der Waals surface area contributed by atoms with Gasteiger partial charge in [0.2, 0.25) is 0 Å². The highest BCUT2D eigenvalue weighted by Gasteiger charge is 2.31. The summed E-state index contributed by atoms with van der Waals surface area (Å²) in [5.41, 5.74) is 0.973. The minimum atomic E-state index is 0.0452. The number of thiazole rings is 1. The summed E-state index contributed by atoms with van der Waals surface area (Å²) in [6.07, 6.45) is 8.77. The number of likely N-dealkylation sites (tertiary alicyclic amines) is 1. The van der Waals surface area contributed by atoms with Gasteiger partial charge in [0.05, 0.1) is 5.69 Å². The van der Waals surface area contributed by atoms with Gasteiger partial charge in [0.15, 0.2) is 4.96 Å². The first-order valence-corrected chi connectivity index (χ1v) is 8.86. The molecule has 0 aromatic carbocycles. The zero-order valence-electron chi connectivity index (χ0n) is 12.2. The Labute approximate surface area is 128 Å². The first-order valence-electron chi connectivity index (χ1n) is 7.98.